The Morgan fingerprint density at radius 2 is 2.00 bits per heavy atom. The Labute approximate surface area is 102 Å². The van der Waals surface area contributed by atoms with Crippen LogP contribution in [0.15, 0.2) is 22.8 Å². The van der Waals surface area contributed by atoms with Crippen molar-refractivity contribution in [1.82, 2.24) is 10.3 Å². The van der Waals surface area contributed by atoms with Crippen molar-refractivity contribution in [3.63, 3.8) is 0 Å². The maximum atomic E-state index is 4.61. The van der Waals surface area contributed by atoms with Crippen molar-refractivity contribution in [2.24, 2.45) is 4.99 Å². The Balaban J connectivity index is 0.000000514. The van der Waals surface area contributed by atoms with Crippen molar-refractivity contribution in [1.29, 1.82) is 0 Å². The second kappa shape index (κ2) is 4.28. The number of aliphatic imine (C=N–C) groups is 1. The summed E-state index contributed by atoms with van der Waals surface area (Å²) in [7, 11) is 2.09. The largest absolute Gasteiger partial charge is 0.346 e. The molecule has 2 N–H and O–H groups in total. The molecule has 0 aromatic carbocycles. The van der Waals surface area contributed by atoms with Gasteiger partial charge in [-0.15, -0.1) is 0 Å². The first-order valence-electron chi connectivity index (χ1n) is 6.11. The highest BCUT2D eigenvalue weighted by Gasteiger charge is 2.31. The number of aryl methyl sites for hydroxylation is 1. The number of allylic oxidation sites excluding steroid dienone is 1. The first-order valence-corrected chi connectivity index (χ1v) is 6.11. The third-order valence-corrected chi connectivity index (χ3v) is 2.94. The van der Waals surface area contributed by atoms with Gasteiger partial charge in [0.25, 0.3) is 0 Å². The van der Waals surface area contributed by atoms with Gasteiger partial charge in [0.15, 0.2) is 0 Å². The van der Waals surface area contributed by atoms with Gasteiger partial charge in [-0.05, 0) is 26.0 Å². The lowest BCUT2D eigenvalue weighted by atomic mass is 10.2. The Bertz CT molecular complexity index is 482. The van der Waals surface area contributed by atoms with Crippen molar-refractivity contribution < 1.29 is 0 Å². The molecule has 4 nitrogen and oxygen atoms in total. The Morgan fingerprint density at radius 3 is 2.71 bits per heavy atom. The number of H-pyrrole nitrogens is 1. The molecule has 0 amide bonds. The maximum Gasteiger partial charge on any atom is 0.133 e. The van der Waals surface area contributed by atoms with Gasteiger partial charge in [0.1, 0.15) is 23.4 Å². The molecule has 1 unspecified atom stereocenters. The summed E-state index contributed by atoms with van der Waals surface area (Å²) in [6.45, 7) is 8.12. The standard InChI is InChI=1S/C11H14N4.C2H6/c1-6-4-8-11(13-6)15(3)9-5-7(2)12-10(9)14-8;1-2/h4-5,9,13H,1-3H3,(H,12,14);1-2H3. The summed E-state index contributed by atoms with van der Waals surface area (Å²) >= 11 is 0. The van der Waals surface area contributed by atoms with Crippen LogP contribution in [0.4, 0.5) is 11.5 Å². The molecule has 92 valence electrons. The molecule has 0 aliphatic carbocycles. The smallest absolute Gasteiger partial charge is 0.133 e. The van der Waals surface area contributed by atoms with Crippen molar-refractivity contribution in [2.45, 2.75) is 33.7 Å². The number of fused-ring (bicyclic) bond motifs is 2. The number of hydrogen-bond acceptors (Lipinski definition) is 3. The van der Waals surface area contributed by atoms with Crippen LogP contribution in [0.2, 0.25) is 0 Å². The second-order valence-corrected chi connectivity index (χ2v) is 4.21. The highest BCUT2D eigenvalue weighted by Crippen LogP contribution is 2.35. The quantitative estimate of drug-likeness (QED) is 0.722. The highest BCUT2D eigenvalue weighted by molar-refractivity contribution is 6.01. The van der Waals surface area contributed by atoms with E-state index >= 15 is 0 Å². The molecule has 3 heterocycles. The summed E-state index contributed by atoms with van der Waals surface area (Å²) in [5.41, 5.74) is 3.35. The van der Waals surface area contributed by atoms with E-state index in [-0.39, 0.29) is 6.04 Å². The molecule has 0 spiro atoms. The van der Waals surface area contributed by atoms with Gasteiger partial charge in [0.05, 0.1) is 0 Å². The summed E-state index contributed by atoms with van der Waals surface area (Å²) in [5, 5.41) is 3.29. The van der Waals surface area contributed by atoms with E-state index in [1.54, 1.807) is 0 Å². The zero-order valence-corrected chi connectivity index (χ0v) is 11.1. The van der Waals surface area contributed by atoms with Crippen LogP contribution in [0.1, 0.15) is 26.5 Å². The SMILES string of the molecule is CC.CC1=CC2C(=Nc3cc(C)[nH]c3N2C)N1. The molecule has 1 atom stereocenters. The average molecular weight is 232 g/mol. The third-order valence-electron chi connectivity index (χ3n) is 2.94. The predicted molar refractivity (Wildman–Crippen MR) is 73.1 cm³/mol. The lowest BCUT2D eigenvalue weighted by Gasteiger charge is -2.28. The number of rotatable bonds is 0. The van der Waals surface area contributed by atoms with Gasteiger partial charge >= 0.3 is 0 Å². The Morgan fingerprint density at radius 1 is 1.29 bits per heavy atom. The van der Waals surface area contributed by atoms with E-state index in [1.807, 2.05) is 13.8 Å². The van der Waals surface area contributed by atoms with Crippen molar-refractivity contribution in [2.75, 3.05) is 11.9 Å². The Kier molecular flexibility index (Phi) is 2.96. The van der Waals surface area contributed by atoms with E-state index in [1.165, 1.54) is 5.70 Å². The molecule has 3 rings (SSSR count). The minimum absolute atomic E-state index is 0.260. The van der Waals surface area contributed by atoms with E-state index < -0.39 is 0 Å². The van der Waals surface area contributed by atoms with Crippen LogP contribution in [-0.4, -0.2) is 23.9 Å². The van der Waals surface area contributed by atoms with Crippen molar-refractivity contribution in [3.05, 3.63) is 23.5 Å². The maximum absolute atomic E-state index is 4.61. The number of likely N-dealkylation sites (N-methyl/N-ethyl adjacent to an activating group) is 1. The van der Waals surface area contributed by atoms with E-state index in [2.05, 4.69) is 53.2 Å². The normalized spacial score (nSPS) is 20.5. The van der Waals surface area contributed by atoms with Crippen LogP contribution in [-0.2, 0) is 0 Å². The lowest BCUT2D eigenvalue weighted by Crippen LogP contribution is -2.41. The average Bonchev–Trinajstić information content (AvgIpc) is 2.84. The third kappa shape index (κ3) is 1.84. The summed E-state index contributed by atoms with van der Waals surface area (Å²) in [6.07, 6.45) is 2.19. The number of aromatic nitrogens is 1. The van der Waals surface area contributed by atoms with E-state index in [0.717, 1.165) is 23.0 Å². The fraction of sp³-hybridized carbons (Fsp3) is 0.462. The van der Waals surface area contributed by atoms with Crippen LogP contribution < -0.4 is 10.2 Å². The van der Waals surface area contributed by atoms with Gasteiger partial charge in [-0.2, -0.15) is 0 Å². The molecule has 0 radical (unpaired) electrons. The molecule has 0 saturated carbocycles. The Hall–Kier alpha value is -1.71. The summed E-state index contributed by atoms with van der Waals surface area (Å²) in [4.78, 5) is 10.2. The summed E-state index contributed by atoms with van der Waals surface area (Å²) < 4.78 is 0. The molecule has 0 bridgehead atoms. The summed E-state index contributed by atoms with van der Waals surface area (Å²) in [6, 6.07) is 2.33. The van der Waals surface area contributed by atoms with Gasteiger partial charge in [0.2, 0.25) is 0 Å². The molecule has 17 heavy (non-hydrogen) atoms. The van der Waals surface area contributed by atoms with Gasteiger partial charge in [-0.3, -0.25) is 0 Å². The number of amidine groups is 1. The number of nitrogens with zero attached hydrogens (tertiary/aromatic N) is 2. The van der Waals surface area contributed by atoms with Crippen LogP contribution in [0.25, 0.3) is 0 Å². The van der Waals surface area contributed by atoms with Crippen LogP contribution in [0.5, 0.6) is 0 Å². The molecule has 1 aromatic rings. The molecule has 2 aliphatic rings. The van der Waals surface area contributed by atoms with Gasteiger partial charge in [-0.25, -0.2) is 4.99 Å². The number of anilines is 1. The minimum atomic E-state index is 0.260. The monoisotopic (exact) mass is 232 g/mol. The predicted octanol–water partition coefficient (Wildman–Crippen LogP) is 2.70. The van der Waals surface area contributed by atoms with E-state index in [9.17, 15) is 0 Å². The van der Waals surface area contributed by atoms with Gasteiger partial charge in [-0.1, -0.05) is 13.8 Å². The molecule has 0 fully saturated rings. The molecular formula is C13H20N4. The molecular weight excluding hydrogens is 212 g/mol. The first kappa shape index (κ1) is 11.8. The lowest BCUT2D eigenvalue weighted by molar-refractivity contribution is 0.893. The number of hydrogen-bond donors (Lipinski definition) is 2. The zero-order chi connectivity index (χ0) is 12.6. The first-order chi connectivity index (χ1) is 8.15. The fourth-order valence-corrected chi connectivity index (χ4v) is 2.21. The number of nitrogens with one attached hydrogen (secondary N) is 2. The number of aromatic amines is 1. The molecule has 1 aromatic heterocycles. The highest BCUT2D eigenvalue weighted by atomic mass is 15.3. The second-order valence-electron chi connectivity index (χ2n) is 4.21. The van der Waals surface area contributed by atoms with Crippen LogP contribution >= 0.6 is 0 Å². The van der Waals surface area contributed by atoms with E-state index in [4.69, 9.17) is 0 Å². The van der Waals surface area contributed by atoms with Crippen LogP contribution in [0.3, 0.4) is 0 Å². The van der Waals surface area contributed by atoms with Crippen molar-refractivity contribution >= 4 is 17.3 Å². The fourth-order valence-electron chi connectivity index (χ4n) is 2.21. The summed E-state index contributed by atoms with van der Waals surface area (Å²) in [5.74, 6) is 2.13. The minimum Gasteiger partial charge on any atom is -0.346 e. The topological polar surface area (TPSA) is 43.4 Å². The van der Waals surface area contributed by atoms with Gasteiger partial charge in [0, 0.05) is 18.4 Å². The molecule has 4 heteroatoms. The zero-order valence-electron chi connectivity index (χ0n) is 11.1. The van der Waals surface area contributed by atoms with Gasteiger partial charge < -0.3 is 15.2 Å². The molecule has 2 aliphatic heterocycles. The van der Waals surface area contributed by atoms with Crippen LogP contribution in [0, 0.1) is 6.92 Å². The van der Waals surface area contributed by atoms with E-state index in [0.29, 0.717) is 0 Å². The van der Waals surface area contributed by atoms with Crippen molar-refractivity contribution in [3.8, 4) is 0 Å². The molecule has 0 saturated heterocycles.